The van der Waals surface area contributed by atoms with E-state index in [2.05, 4.69) is 58.0 Å². The third-order valence-electron chi connectivity index (χ3n) is 5.59. The number of epoxide rings is 1. The van der Waals surface area contributed by atoms with E-state index >= 15 is 0 Å². The summed E-state index contributed by atoms with van der Waals surface area (Å²) in [7, 11) is 2.28. The van der Waals surface area contributed by atoms with Crippen LogP contribution in [0.5, 0.6) is 0 Å². The third kappa shape index (κ3) is 5.45. The summed E-state index contributed by atoms with van der Waals surface area (Å²) in [5, 5.41) is 0. The minimum atomic E-state index is 0.174. The molecule has 25 heavy (non-hydrogen) atoms. The summed E-state index contributed by atoms with van der Waals surface area (Å²) in [5.74, 6) is 0.701. The lowest BCUT2D eigenvalue weighted by Gasteiger charge is -2.42. The normalized spacial score (nSPS) is 30.1. The van der Waals surface area contributed by atoms with Crippen molar-refractivity contribution in [2.45, 2.75) is 78.9 Å². The molecule has 2 aliphatic rings. The first-order chi connectivity index (χ1) is 12.0. The van der Waals surface area contributed by atoms with E-state index in [0.717, 1.165) is 26.0 Å². The second kappa shape index (κ2) is 10.2. The summed E-state index contributed by atoms with van der Waals surface area (Å²) in [6.07, 6.45) is 8.98. The van der Waals surface area contributed by atoms with Crippen LogP contribution in [-0.4, -0.2) is 36.7 Å². The predicted octanol–water partition coefficient (Wildman–Crippen LogP) is 5.92. The number of ether oxygens (including phenoxy) is 1. The molecule has 2 heteroatoms. The van der Waals surface area contributed by atoms with Gasteiger partial charge in [-0.15, -0.1) is 5.73 Å². The lowest BCUT2D eigenvalue weighted by atomic mass is 9.77. The van der Waals surface area contributed by atoms with Crippen molar-refractivity contribution in [2.24, 2.45) is 5.92 Å². The van der Waals surface area contributed by atoms with Gasteiger partial charge in [-0.3, -0.25) is 4.90 Å². The maximum absolute atomic E-state index is 5.97. The fourth-order valence-corrected chi connectivity index (χ4v) is 4.11. The number of likely N-dealkylation sites (tertiary alicyclic amines) is 1. The van der Waals surface area contributed by atoms with Crippen molar-refractivity contribution < 1.29 is 4.74 Å². The molecule has 2 rings (SSSR count). The van der Waals surface area contributed by atoms with Crippen LogP contribution in [0.2, 0.25) is 0 Å². The van der Waals surface area contributed by atoms with E-state index in [1.54, 1.807) is 0 Å². The zero-order chi connectivity index (χ0) is 19.0. The Morgan fingerprint density at radius 1 is 1.32 bits per heavy atom. The third-order valence-corrected chi connectivity index (χ3v) is 5.59. The average molecular weight is 346 g/mol. The average Bonchev–Trinajstić information content (AvgIpc) is 3.38. The maximum Gasteiger partial charge on any atom is 0.0974 e. The van der Waals surface area contributed by atoms with E-state index in [9.17, 15) is 0 Å². The van der Waals surface area contributed by atoms with Crippen molar-refractivity contribution >= 4 is 0 Å². The van der Waals surface area contributed by atoms with Crippen LogP contribution in [0.3, 0.4) is 0 Å². The van der Waals surface area contributed by atoms with E-state index in [-0.39, 0.29) is 5.60 Å². The van der Waals surface area contributed by atoms with E-state index in [4.69, 9.17) is 4.74 Å². The number of hydrogen-bond donors (Lipinski definition) is 0. The highest BCUT2D eigenvalue weighted by atomic mass is 16.6. The van der Waals surface area contributed by atoms with Gasteiger partial charge in [-0.25, -0.2) is 0 Å². The predicted molar refractivity (Wildman–Crippen MR) is 110 cm³/mol. The number of allylic oxidation sites excluding steroid dienone is 4. The van der Waals surface area contributed by atoms with E-state index < -0.39 is 0 Å². The molecule has 2 aliphatic heterocycles. The van der Waals surface area contributed by atoms with Gasteiger partial charge >= 0.3 is 0 Å². The number of piperidine rings is 1. The summed E-state index contributed by atoms with van der Waals surface area (Å²) in [6, 6.07) is 0.498. The first kappa shape index (κ1) is 22.0. The quantitative estimate of drug-likeness (QED) is 0.337. The van der Waals surface area contributed by atoms with Crippen molar-refractivity contribution in [1.82, 2.24) is 4.90 Å². The molecular formula is C23H39NO. The SMILES string of the molecule is C=C=C/C(C)=C\C(CC)=C(/C)C1CC2(CO2)C(CCC)CN1C.CC. The molecule has 0 amide bonds. The molecule has 0 radical (unpaired) electrons. The van der Waals surface area contributed by atoms with Gasteiger partial charge < -0.3 is 4.74 Å². The first-order valence-electron chi connectivity index (χ1n) is 10.0. The highest BCUT2D eigenvalue weighted by Gasteiger charge is 2.55. The summed E-state index contributed by atoms with van der Waals surface area (Å²) in [4.78, 5) is 2.55. The van der Waals surface area contributed by atoms with Crippen LogP contribution >= 0.6 is 0 Å². The smallest absolute Gasteiger partial charge is 0.0974 e. The lowest BCUT2D eigenvalue weighted by molar-refractivity contribution is 0.0637. The Morgan fingerprint density at radius 3 is 2.44 bits per heavy atom. The van der Waals surface area contributed by atoms with Gasteiger partial charge in [-0.05, 0) is 57.4 Å². The van der Waals surface area contributed by atoms with Crippen LogP contribution < -0.4 is 0 Å². The van der Waals surface area contributed by atoms with Crippen molar-refractivity contribution in [3.63, 3.8) is 0 Å². The van der Waals surface area contributed by atoms with E-state index in [1.165, 1.54) is 29.6 Å². The molecule has 0 aromatic heterocycles. The Hall–Kier alpha value is -1.08. The molecule has 142 valence electrons. The molecule has 0 aromatic rings. The Labute approximate surface area is 156 Å². The Morgan fingerprint density at radius 2 is 1.96 bits per heavy atom. The van der Waals surface area contributed by atoms with Gasteiger partial charge in [0.05, 0.1) is 12.2 Å². The molecule has 2 fully saturated rings. The highest BCUT2D eigenvalue weighted by molar-refractivity contribution is 5.34. The molecule has 3 unspecified atom stereocenters. The molecule has 0 saturated carbocycles. The van der Waals surface area contributed by atoms with Gasteiger partial charge in [0.15, 0.2) is 0 Å². The molecule has 2 nitrogen and oxygen atoms in total. The van der Waals surface area contributed by atoms with Crippen molar-refractivity contribution in [3.8, 4) is 0 Å². The van der Waals surface area contributed by atoms with Crippen molar-refractivity contribution in [3.05, 3.63) is 41.2 Å². The molecule has 2 heterocycles. The summed E-state index contributed by atoms with van der Waals surface area (Å²) < 4.78 is 5.97. The molecular weight excluding hydrogens is 306 g/mol. The van der Waals surface area contributed by atoms with Gasteiger partial charge in [0, 0.05) is 18.5 Å². The summed E-state index contributed by atoms with van der Waals surface area (Å²) in [5.41, 5.74) is 7.20. The van der Waals surface area contributed by atoms with Gasteiger partial charge in [0.2, 0.25) is 0 Å². The number of likely N-dealkylation sites (N-methyl/N-ethyl adjacent to an activating group) is 1. The standard InChI is InChI=1S/C21H33NO.C2H6/c1-7-10-16(4)12-18(9-3)17(5)20-13-21(15-23-21)19(11-8-2)14-22(20)6;1-2/h10,12,19-20H,1,8-9,11,13-15H2,2-6H3;1-2H3/b16-12-,18-17+;. The van der Waals surface area contributed by atoms with Crippen LogP contribution in [0.25, 0.3) is 0 Å². The minimum absolute atomic E-state index is 0.174. The van der Waals surface area contributed by atoms with Gasteiger partial charge in [0.25, 0.3) is 0 Å². The molecule has 3 atom stereocenters. The number of rotatable bonds is 6. The van der Waals surface area contributed by atoms with E-state index in [1.807, 2.05) is 19.9 Å². The Balaban J connectivity index is 0.00000151. The molecule has 2 saturated heterocycles. The fourth-order valence-electron chi connectivity index (χ4n) is 4.11. The van der Waals surface area contributed by atoms with Gasteiger partial charge in [-0.1, -0.05) is 52.3 Å². The maximum atomic E-state index is 5.97. The van der Waals surface area contributed by atoms with E-state index in [0.29, 0.717) is 12.0 Å². The lowest BCUT2D eigenvalue weighted by Crippen LogP contribution is -2.50. The van der Waals surface area contributed by atoms with Gasteiger partial charge in [-0.2, -0.15) is 0 Å². The summed E-state index contributed by atoms with van der Waals surface area (Å²) in [6.45, 7) is 18.7. The zero-order valence-corrected chi connectivity index (χ0v) is 17.6. The second-order valence-electron chi connectivity index (χ2n) is 7.30. The first-order valence-corrected chi connectivity index (χ1v) is 10.0. The van der Waals surface area contributed by atoms with Gasteiger partial charge in [0.1, 0.15) is 0 Å². The molecule has 0 aliphatic carbocycles. The van der Waals surface area contributed by atoms with Crippen molar-refractivity contribution in [2.75, 3.05) is 20.2 Å². The van der Waals surface area contributed by atoms with Crippen LogP contribution in [-0.2, 0) is 4.74 Å². The van der Waals surface area contributed by atoms with Crippen LogP contribution in [0.1, 0.15) is 67.2 Å². The zero-order valence-electron chi connectivity index (χ0n) is 17.6. The fraction of sp³-hybridized carbons (Fsp3) is 0.696. The monoisotopic (exact) mass is 345 g/mol. The Kier molecular flexibility index (Phi) is 8.93. The molecule has 0 bridgehead atoms. The number of hydrogen-bond acceptors (Lipinski definition) is 2. The largest absolute Gasteiger partial charge is 0.369 e. The topological polar surface area (TPSA) is 15.8 Å². The molecule has 0 N–H and O–H groups in total. The van der Waals surface area contributed by atoms with Crippen LogP contribution in [0.4, 0.5) is 0 Å². The molecule has 1 spiro atoms. The highest BCUT2D eigenvalue weighted by Crippen LogP contribution is 2.47. The second-order valence-corrected chi connectivity index (χ2v) is 7.30. The van der Waals surface area contributed by atoms with Crippen LogP contribution in [0, 0.1) is 5.92 Å². The number of nitrogens with zero attached hydrogens (tertiary/aromatic N) is 1. The Bertz CT molecular complexity index is 532. The van der Waals surface area contributed by atoms with Crippen molar-refractivity contribution in [1.29, 1.82) is 0 Å². The summed E-state index contributed by atoms with van der Waals surface area (Å²) >= 11 is 0. The van der Waals surface area contributed by atoms with Crippen LogP contribution in [0.15, 0.2) is 41.2 Å². The molecule has 0 aromatic carbocycles. The minimum Gasteiger partial charge on any atom is -0.369 e.